The lowest BCUT2D eigenvalue weighted by atomic mass is 10.3. The Morgan fingerprint density at radius 3 is 2.75 bits per heavy atom. The monoisotopic (exact) mass is 293 g/mol. The van der Waals surface area contributed by atoms with Gasteiger partial charge >= 0.3 is 0 Å². The van der Waals surface area contributed by atoms with Gasteiger partial charge in [0.05, 0.1) is 11.9 Å². The van der Waals surface area contributed by atoms with Gasteiger partial charge in [-0.3, -0.25) is 4.79 Å². The van der Waals surface area contributed by atoms with Gasteiger partial charge in [-0.2, -0.15) is 4.98 Å². The van der Waals surface area contributed by atoms with Crippen molar-refractivity contribution in [3.63, 3.8) is 0 Å². The molecule has 1 amide bonds. The van der Waals surface area contributed by atoms with Crippen LogP contribution in [0.15, 0.2) is 6.07 Å². The second-order valence-corrected chi connectivity index (χ2v) is 5.54. The number of carbonyl (C=O) groups is 1. The number of fused-ring (bicyclic) bond motifs is 1. The van der Waals surface area contributed by atoms with Gasteiger partial charge in [0.15, 0.2) is 0 Å². The van der Waals surface area contributed by atoms with Gasteiger partial charge in [-0.05, 0) is 26.8 Å². The molecule has 7 heteroatoms. The van der Waals surface area contributed by atoms with E-state index in [0.717, 1.165) is 16.8 Å². The molecule has 0 atom stereocenters. The molecule has 0 aliphatic heterocycles. The highest BCUT2D eigenvalue weighted by Gasteiger charge is 2.11. The summed E-state index contributed by atoms with van der Waals surface area (Å²) in [5.74, 6) is 1.23. The summed E-state index contributed by atoms with van der Waals surface area (Å²) in [4.78, 5) is 22.5. The van der Waals surface area contributed by atoms with Gasteiger partial charge in [-0.15, -0.1) is 11.3 Å². The van der Waals surface area contributed by atoms with E-state index in [0.29, 0.717) is 18.3 Å². The summed E-state index contributed by atoms with van der Waals surface area (Å²) in [5.41, 5.74) is 0. The van der Waals surface area contributed by atoms with Crippen LogP contribution in [0.25, 0.3) is 10.2 Å². The van der Waals surface area contributed by atoms with Crippen LogP contribution in [0.5, 0.6) is 0 Å². The van der Waals surface area contributed by atoms with E-state index in [9.17, 15) is 4.79 Å². The Morgan fingerprint density at radius 2 is 2.05 bits per heavy atom. The molecule has 0 radical (unpaired) electrons. The summed E-state index contributed by atoms with van der Waals surface area (Å²) in [5, 5.41) is 9.90. The first kappa shape index (κ1) is 14.5. The standard InChI is InChI=1S/C13H19N5OS/c1-4-14-10(19)7-16-11-9-6-8(3)20-12(9)18-13(17-11)15-5-2/h6H,4-5,7H2,1-3H3,(H,14,19)(H2,15,16,17,18). The second-order valence-electron chi connectivity index (χ2n) is 4.31. The first-order valence-corrected chi connectivity index (χ1v) is 7.48. The molecule has 0 fully saturated rings. The minimum Gasteiger partial charge on any atom is -0.360 e. The van der Waals surface area contributed by atoms with Crippen LogP contribution < -0.4 is 16.0 Å². The molecular formula is C13H19N5OS. The van der Waals surface area contributed by atoms with E-state index in [1.54, 1.807) is 11.3 Å². The topological polar surface area (TPSA) is 78.9 Å². The number of amides is 1. The van der Waals surface area contributed by atoms with Crippen molar-refractivity contribution in [3.05, 3.63) is 10.9 Å². The Hall–Kier alpha value is -1.89. The Morgan fingerprint density at radius 1 is 1.25 bits per heavy atom. The maximum Gasteiger partial charge on any atom is 0.239 e. The van der Waals surface area contributed by atoms with Crippen molar-refractivity contribution < 1.29 is 4.79 Å². The lowest BCUT2D eigenvalue weighted by Gasteiger charge is -2.09. The minimum absolute atomic E-state index is 0.0452. The van der Waals surface area contributed by atoms with Crippen LogP contribution in [0, 0.1) is 6.92 Å². The molecule has 0 aliphatic carbocycles. The summed E-state index contributed by atoms with van der Waals surface area (Å²) in [7, 11) is 0. The zero-order valence-electron chi connectivity index (χ0n) is 11.9. The Balaban J connectivity index is 2.26. The van der Waals surface area contributed by atoms with Gasteiger partial charge in [0.1, 0.15) is 10.6 Å². The molecule has 2 rings (SSSR count). The molecule has 108 valence electrons. The fourth-order valence-corrected chi connectivity index (χ4v) is 2.72. The van der Waals surface area contributed by atoms with E-state index in [4.69, 9.17) is 0 Å². The van der Waals surface area contributed by atoms with Crippen molar-refractivity contribution in [3.8, 4) is 0 Å². The third-order valence-corrected chi connectivity index (χ3v) is 3.59. The van der Waals surface area contributed by atoms with Gasteiger partial charge in [0.2, 0.25) is 11.9 Å². The van der Waals surface area contributed by atoms with Crippen LogP contribution in [0.1, 0.15) is 18.7 Å². The molecule has 0 saturated carbocycles. The Kier molecular flexibility index (Phi) is 4.73. The number of hydrogen-bond acceptors (Lipinski definition) is 6. The molecule has 0 aliphatic rings. The first-order chi connectivity index (χ1) is 9.63. The predicted molar refractivity (Wildman–Crippen MR) is 83.5 cm³/mol. The zero-order valence-corrected chi connectivity index (χ0v) is 12.7. The third kappa shape index (κ3) is 3.36. The fraction of sp³-hybridized carbons (Fsp3) is 0.462. The van der Waals surface area contributed by atoms with Gasteiger partial charge in [0.25, 0.3) is 0 Å². The highest BCUT2D eigenvalue weighted by Crippen LogP contribution is 2.29. The maximum absolute atomic E-state index is 11.5. The van der Waals surface area contributed by atoms with E-state index >= 15 is 0 Å². The number of nitrogens with zero attached hydrogens (tertiary/aromatic N) is 2. The zero-order chi connectivity index (χ0) is 14.5. The van der Waals surface area contributed by atoms with Crippen LogP contribution in [0.2, 0.25) is 0 Å². The Labute approximate surface area is 122 Å². The Bertz CT molecular complexity index is 610. The van der Waals surface area contributed by atoms with E-state index in [1.165, 1.54) is 4.88 Å². The van der Waals surface area contributed by atoms with Crippen molar-refractivity contribution >= 4 is 39.2 Å². The average molecular weight is 293 g/mol. The van der Waals surface area contributed by atoms with Crippen molar-refractivity contribution in [2.75, 3.05) is 30.3 Å². The molecule has 6 nitrogen and oxygen atoms in total. The lowest BCUT2D eigenvalue weighted by Crippen LogP contribution is -2.29. The molecular weight excluding hydrogens is 274 g/mol. The maximum atomic E-state index is 11.5. The molecule has 2 aromatic heterocycles. The molecule has 20 heavy (non-hydrogen) atoms. The van der Waals surface area contributed by atoms with Crippen LogP contribution >= 0.6 is 11.3 Å². The summed E-state index contributed by atoms with van der Waals surface area (Å²) in [6.07, 6.45) is 0. The van der Waals surface area contributed by atoms with Crippen molar-refractivity contribution in [1.29, 1.82) is 0 Å². The van der Waals surface area contributed by atoms with Gasteiger partial charge in [-0.1, -0.05) is 0 Å². The molecule has 0 bridgehead atoms. The van der Waals surface area contributed by atoms with Crippen molar-refractivity contribution in [2.24, 2.45) is 0 Å². The molecule has 0 unspecified atom stereocenters. The highest BCUT2D eigenvalue weighted by atomic mass is 32.1. The van der Waals surface area contributed by atoms with Crippen LogP contribution in [-0.4, -0.2) is 35.5 Å². The van der Waals surface area contributed by atoms with Crippen molar-refractivity contribution in [2.45, 2.75) is 20.8 Å². The number of hydrogen-bond donors (Lipinski definition) is 3. The molecule has 2 aromatic rings. The normalized spacial score (nSPS) is 10.6. The molecule has 0 spiro atoms. The number of anilines is 2. The molecule has 0 saturated heterocycles. The van der Waals surface area contributed by atoms with Crippen LogP contribution in [-0.2, 0) is 4.79 Å². The molecule has 0 aromatic carbocycles. The molecule has 2 heterocycles. The van der Waals surface area contributed by atoms with Crippen LogP contribution in [0.4, 0.5) is 11.8 Å². The summed E-state index contributed by atoms with van der Waals surface area (Å²) < 4.78 is 0. The van der Waals surface area contributed by atoms with E-state index in [2.05, 4.69) is 25.9 Å². The number of likely N-dealkylation sites (N-methyl/N-ethyl adjacent to an activating group) is 1. The number of rotatable bonds is 6. The number of aromatic nitrogens is 2. The smallest absolute Gasteiger partial charge is 0.239 e. The SMILES string of the molecule is CCNC(=O)CNc1nc(NCC)nc2sc(C)cc12. The van der Waals surface area contributed by atoms with Crippen LogP contribution in [0.3, 0.4) is 0 Å². The van der Waals surface area contributed by atoms with Gasteiger partial charge < -0.3 is 16.0 Å². The third-order valence-electron chi connectivity index (χ3n) is 2.64. The lowest BCUT2D eigenvalue weighted by molar-refractivity contribution is -0.119. The summed E-state index contributed by atoms with van der Waals surface area (Å²) in [6, 6.07) is 2.04. The summed E-state index contributed by atoms with van der Waals surface area (Å²) >= 11 is 1.62. The number of thiophene rings is 1. The molecule has 3 N–H and O–H groups in total. The van der Waals surface area contributed by atoms with E-state index < -0.39 is 0 Å². The minimum atomic E-state index is -0.0452. The quantitative estimate of drug-likeness (QED) is 0.759. The highest BCUT2D eigenvalue weighted by molar-refractivity contribution is 7.18. The summed E-state index contributed by atoms with van der Waals surface area (Å²) in [6.45, 7) is 7.51. The fourth-order valence-electron chi connectivity index (χ4n) is 1.84. The number of aryl methyl sites for hydroxylation is 1. The van der Waals surface area contributed by atoms with Gasteiger partial charge in [-0.25, -0.2) is 4.98 Å². The second kappa shape index (κ2) is 6.51. The first-order valence-electron chi connectivity index (χ1n) is 6.66. The van der Waals surface area contributed by atoms with E-state index in [1.807, 2.05) is 26.8 Å². The van der Waals surface area contributed by atoms with Gasteiger partial charge in [0, 0.05) is 18.0 Å². The number of nitrogens with one attached hydrogen (secondary N) is 3. The predicted octanol–water partition coefficient (Wildman–Crippen LogP) is 1.98. The van der Waals surface area contributed by atoms with Crippen molar-refractivity contribution in [1.82, 2.24) is 15.3 Å². The van der Waals surface area contributed by atoms with E-state index in [-0.39, 0.29) is 12.5 Å². The largest absolute Gasteiger partial charge is 0.360 e. The number of carbonyl (C=O) groups excluding carboxylic acids is 1. The average Bonchev–Trinajstić information content (AvgIpc) is 2.77.